The van der Waals surface area contributed by atoms with Crippen LogP contribution in [-0.4, -0.2) is 15.3 Å². The van der Waals surface area contributed by atoms with Gasteiger partial charge in [-0.15, -0.1) is 0 Å². The molecule has 0 atom stereocenters. The number of aryl methyl sites for hydroxylation is 3. The fourth-order valence-electron chi connectivity index (χ4n) is 6.41. The molecule has 0 aromatic heterocycles. The molecule has 0 fully saturated rings. The van der Waals surface area contributed by atoms with Crippen LogP contribution in [0.15, 0.2) is 54.6 Å². The SMILES string of the molecule is CCCCCCCCCCCCc1ccc(O)c(N(c2cc(CCCC)ccc2O)c2cc(CCCCCCCC)ccc2O)c1. The third-order valence-corrected chi connectivity index (χ3v) is 9.30. The third kappa shape index (κ3) is 12.6. The predicted octanol–water partition coefficient (Wildman–Crippen LogP) is 13.0. The Bertz CT molecular complexity index is 1270. The standard InChI is InChI=1S/C42H63NO3/c1-4-7-10-12-14-15-16-17-19-21-24-36-27-30-42(46)39(33-36)43(37-31-34(22-9-6-3)25-28-40(37)44)38-32-35(26-29-41(38)45)23-20-18-13-11-8-5-2/h25-33,44-46H,4-24H2,1-3H3. The number of anilines is 3. The van der Waals surface area contributed by atoms with Crippen LogP contribution < -0.4 is 4.90 Å². The molecule has 3 rings (SSSR count). The maximum absolute atomic E-state index is 11.3. The van der Waals surface area contributed by atoms with E-state index in [2.05, 4.69) is 20.8 Å². The number of aromatic hydroxyl groups is 3. The van der Waals surface area contributed by atoms with Crippen molar-refractivity contribution in [2.75, 3.05) is 4.90 Å². The lowest BCUT2D eigenvalue weighted by atomic mass is 10.0. The molecule has 254 valence electrons. The zero-order valence-electron chi connectivity index (χ0n) is 29.3. The Labute approximate surface area is 280 Å². The highest BCUT2D eigenvalue weighted by atomic mass is 16.3. The maximum atomic E-state index is 11.3. The number of hydrogen-bond donors (Lipinski definition) is 3. The van der Waals surface area contributed by atoms with E-state index in [0.717, 1.165) is 61.6 Å². The average molecular weight is 630 g/mol. The molecular formula is C42H63NO3. The summed E-state index contributed by atoms with van der Waals surface area (Å²) < 4.78 is 0. The number of phenolic OH excluding ortho intramolecular Hbond substituents is 3. The van der Waals surface area contributed by atoms with E-state index >= 15 is 0 Å². The molecular weight excluding hydrogens is 566 g/mol. The van der Waals surface area contributed by atoms with Crippen LogP contribution in [0.4, 0.5) is 17.1 Å². The molecule has 0 aliphatic rings. The number of rotatable bonds is 24. The van der Waals surface area contributed by atoms with E-state index in [0.29, 0.717) is 17.1 Å². The molecule has 0 saturated carbocycles. The lowest BCUT2D eigenvalue weighted by Crippen LogP contribution is -2.12. The minimum atomic E-state index is 0.125. The van der Waals surface area contributed by atoms with Gasteiger partial charge in [-0.3, -0.25) is 4.90 Å². The van der Waals surface area contributed by atoms with Gasteiger partial charge in [0.1, 0.15) is 17.2 Å². The van der Waals surface area contributed by atoms with Gasteiger partial charge in [-0.05, 0) is 91.6 Å². The van der Waals surface area contributed by atoms with E-state index in [-0.39, 0.29) is 17.2 Å². The number of benzene rings is 3. The third-order valence-electron chi connectivity index (χ3n) is 9.30. The first-order chi connectivity index (χ1) is 22.5. The molecule has 46 heavy (non-hydrogen) atoms. The van der Waals surface area contributed by atoms with Crippen molar-refractivity contribution in [3.05, 3.63) is 71.3 Å². The van der Waals surface area contributed by atoms with Gasteiger partial charge in [0.15, 0.2) is 0 Å². The molecule has 0 bridgehead atoms. The van der Waals surface area contributed by atoms with Gasteiger partial charge in [0.25, 0.3) is 0 Å². The Hall–Kier alpha value is -3.14. The molecule has 0 saturated heterocycles. The van der Waals surface area contributed by atoms with Crippen molar-refractivity contribution in [3.8, 4) is 17.2 Å². The van der Waals surface area contributed by atoms with Gasteiger partial charge >= 0.3 is 0 Å². The number of nitrogens with zero attached hydrogens (tertiary/aromatic N) is 1. The Morgan fingerprint density at radius 3 is 0.978 bits per heavy atom. The molecule has 0 unspecified atom stereocenters. The first kappa shape index (κ1) is 37.3. The second kappa shape index (κ2) is 21.6. The van der Waals surface area contributed by atoms with E-state index in [1.165, 1.54) is 89.9 Å². The number of hydrogen-bond acceptors (Lipinski definition) is 4. The minimum absolute atomic E-state index is 0.125. The number of unbranched alkanes of at least 4 members (excludes halogenated alkanes) is 15. The molecule has 0 radical (unpaired) electrons. The molecule has 0 aliphatic carbocycles. The number of phenols is 3. The van der Waals surface area contributed by atoms with E-state index < -0.39 is 0 Å². The lowest BCUT2D eigenvalue weighted by Gasteiger charge is -2.29. The highest BCUT2D eigenvalue weighted by Gasteiger charge is 2.23. The maximum Gasteiger partial charge on any atom is 0.139 e. The normalized spacial score (nSPS) is 11.3. The zero-order valence-corrected chi connectivity index (χ0v) is 29.3. The van der Waals surface area contributed by atoms with E-state index in [1.54, 1.807) is 18.2 Å². The average Bonchev–Trinajstić information content (AvgIpc) is 3.06. The van der Waals surface area contributed by atoms with Crippen LogP contribution in [0.25, 0.3) is 0 Å². The highest BCUT2D eigenvalue weighted by Crippen LogP contribution is 2.47. The predicted molar refractivity (Wildman–Crippen MR) is 197 cm³/mol. The smallest absolute Gasteiger partial charge is 0.139 e. The fourth-order valence-corrected chi connectivity index (χ4v) is 6.41. The molecule has 4 nitrogen and oxygen atoms in total. The molecule has 3 N–H and O–H groups in total. The summed E-state index contributed by atoms with van der Waals surface area (Å²) in [5, 5.41) is 33.8. The van der Waals surface area contributed by atoms with Gasteiger partial charge < -0.3 is 15.3 Å². The first-order valence-electron chi connectivity index (χ1n) is 18.7. The molecule has 0 spiro atoms. The van der Waals surface area contributed by atoms with E-state index in [4.69, 9.17) is 0 Å². The van der Waals surface area contributed by atoms with Crippen molar-refractivity contribution < 1.29 is 15.3 Å². The fraction of sp³-hybridized carbons (Fsp3) is 0.571. The summed E-state index contributed by atoms with van der Waals surface area (Å²) in [4.78, 5) is 1.86. The van der Waals surface area contributed by atoms with Crippen molar-refractivity contribution in [2.45, 2.75) is 156 Å². The second-order valence-corrected chi connectivity index (χ2v) is 13.4. The van der Waals surface area contributed by atoms with Crippen molar-refractivity contribution >= 4 is 17.1 Å². The van der Waals surface area contributed by atoms with Crippen LogP contribution in [0, 0.1) is 0 Å². The van der Waals surface area contributed by atoms with Crippen LogP contribution in [-0.2, 0) is 19.3 Å². The Kier molecular flexibility index (Phi) is 17.5. The van der Waals surface area contributed by atoms with Gasteiger partial charge in [-0.1, -0.05) is 135 Å². The Balaban J connectivity index is 1.83. The Morgan fingerprint density at radius 1 is 0.370 bits per heavy atom. The van der Waals surface area contributed by atoms with Gasteiger partial charge in [0.2, 0.25) is 0 Å². The van der Waals surface area contributed by atoms with Crippen LogP contribution >= 0.6 is 0 Å². The topological polar surface area (TPSA) is 63.9 Å². The quantitative estimate of drug-likeness (QED) is 0.0863. The molecule has 0 amide bonds. The van der Waals surface area contributed by atoms with Crippen molar-refractivity contribution in [1.29, 1.82) is 0 Å². The zero-order chi connectivity index (χ0) is 33.0. The van der Waals surface area contributed by atoms with Crippen LogP contribution in [0.5, 0.6) is 17.2 Å². The van der Waals surface area contributed by atoms with Gasteiger partial charge in [0, 0.05) is 0 Å². The molecule has 3 aromatic rings. The van der Waals surface area contributed by atoms with Crippen LogP contribution in [0.1, 0.15) is 153 Å². The Morgan fingerprint density at radius 2 is 0.652 bits per heavy atom. The van der Waals surface area contributed by atoms with Crippen LogP contribution in [0.2, 0.25) is 0 Å². The molecule has 0 aliphatic heterocycles. The summed E-state index contributed by atoms with van der Waals surface area (Å²) in [5.41, 5.74) is 5.17. The molecule has 0 heterocycles. The van der Waals surface area contributed by atoms with Gasteiger partial charge in [-0.2, -0.15) is 0 Å². The van der Waals surface area contributed by atoms with E-state index in [1.807, 2.05) is 41.3 Å². The highest BCUT2D eigenvalue weighted by molar-refractivity contribution is 5.86. The van der Waals surface area contributed by atoms with Crippen molar-refractivity contribution in [3.63, 3.8) is 0 Å². The van der Waals surface area contributed by atoms with E-state index in [9.17, 15) is 15.3 Å². The summed E-state index contributed by atoms with van der Waals surface area (Å²) in [6, 6.07) is 17.4. The summed E-state index contributed by atoms with van der Waals surface area (Å²) >= 11 is 0. The summed E-state index contributed by atoms with van der Waals surface area (Å²) in [5.74, 6) is 0.385. The molecule has 3 aromatic carbocycles. The van der Waals surface area contributed by atoms with Crippen molar-refractivity contribution in [1.82, 2.24) is 0 Å². The minimum Gasteiger partial charge on any atom is -0.506 e. The molecule has 4 heteroatoms. The largest absolute Gasteiger partial charge is 0.506 e. The first-order valence-corrected chi connectivity index (χ1v) is 18.7. The van der Waals surface area contributed by atoms with Crippen molar-refractivity contribution in [2.24, 2.45) is 0 Å². The second-order valence-electron chi connectivity index (χ2n) is 13.4. The lowest BCUT2D eigenvalue weighted by molar-refractivity contribution is 0.468. The van der Waals surface area contributed by atoms with Crippen LogP contribution in [0.3, 0.4) is 0 Å². The summed E-state index contributed by atoms with van der Waals surface area (Å²) in [7, 11) is 0. The van der Waals surface area contributed by atoms with Gasteiger partial charge in [0.05, 0.1) is 17.1 Å². The summed E-state index contributed by atoms with van der Waals surface area (Å²) in [6.07, 6.45) is 25.3. The monoisotopic (exact) mass is 629 g/mol. The van der Waals surface area contributed by atoms with Gasteiger partial charge in [-0.25, -0.2) is 0 Å². The summed E-state index contributed by atoms with van der Waals surface area (Å²) in [6.45, 7) is 6.69.